The highest BCUT2D eigenvalue weighted by molar-refractivity contribution is 6.24. The summed E-state index contributed by atoms with van der Waals surface area (Å²) in [7, 11) is 0. The highest BCUT2D eigenvalue weighted by atomic mass is 16.3. The first-order valence-electron chi connectivity index (χ1n) is 18.4. The molecule has 1 heterocycles. The molecule has 54 heavy (non-hydrogen) atoms. The summed E-state index contributed by atoms with van der Waals surface area (Å²) in [6.07, 6.45) is 0. The minimum absolute atomic E-state index is 0.899. The van der Waals surface area contributed by atoms with E-state index in [1.165, 1.54) is 38.6 Å². The number of furan rings is 1. The Balaban J connectivity index is 1.18. The molecule has 2 nitrogen and oxygen atoms in total. The predicted molar refractivity (Wildman–Crippen MR) is 228 cm³/mol. The van der Waals surface area contributed by atoms with Gasteiger partial charge in [0, 0.05) is 33.3 Å². The van der Waals surface area contributed by atoms with Crippen molar-refractivity contribution in [1.82, 2.24) is 0 Å². The minimum Gasteiger partial charge on any atom is -0.455 e. The van der Waals surface area contributed by atoms with Crippen molar-refractivity contribution in [2.75, 3.05) is 4.90 Å². The molecule has 0 fully saturated rings. The Morgan fingerprint density at radius 1 is 0.315 bits per heavy atom. The molecule has 0 atom stereocenters. The lowest BCUT2D eigenvalue weighted by molar-refractivity contribution is 0.670. The van der Waals surface area contributed by atoms with Crippen molar-refractivity contribution >= 4 is 49.8 Å². The third kappa shape index (κ3) is 5.53. The molecule has 0 bridgehead atoms. The highest BCUT2D eigenvalue weighted by Gasteiger charge is 2.20. The van der Waals surface area contributed by atoms with Gasteiger partial charge in [-0.05, 0) is 86.6 Å². The summed E-state index contributed by atoms with van der Waals surface area (Å²) in [5.41, 5.74) is 14.4. The van der Waals surface area contributed by atoms with E-state index in [2.05, 4.69) is 211 Å². The minimum atomic E-state index is 0.899. The third-order valence-corrected chi connectivity index (χ3v) is 10.5. The molecule has 0 saturated heterocycles. The van der Waals surface area contributed by atoms with Crippen LogP contribution in [0.5, 0.6) is 0 Å². The van der Waals surface area contributed by atoms with Crippen molar-refractivity contribution in [2.45, 2.75) is 0 Å². The maximum absolute atomic E-state index is 6.62. The number of fused-ring (bicyclic) bond motifs is 5. The van der Waals surface area contributed by atoms with Crippen LogP contribution in [0.2, 0.25) is 0 Å². The summed E-state index contributed by atoms with van der Waals surface area (Å²) in [4.78, 5) is 2.39. The van der Waals surface area contributed by atoms with Gasteiger partial charge in [-0.3, -0.25) is 0 Å². The number of hydrogen-bond donors (Lipinski definition) is 0. The number of rotatable bonds is 7. The van der Waals surface area contributed by atoms with E-state index in [4.69, 9.17) is 4.42 Å². The SMILES string of the molecule is c1ccc(-c2ccc(N(c3cccc(-c4cccc5c4cc(-c4ccccc4)c4oc6ccccc6c45)c3)c3ccccc3-c3ccccc3)cc2)cc1. The molecule has 254 valence electrons. The van der Waals surface area contributed by atoms with E-state index in [-0.39, 0.29) is 0 Å². The summed E-state index contributed by atoms with van der Waals surface area (Å²) in [5, 5.41) is 4.65. The van der Waals surface area contributed by atoms with E-state index in [1.807, 2.05) is 6.07 Å². The Kier molecular flexibility index (Phi) is 7.85. The van der Waals surface area contributed by atoms with Crippen molar-refractivity contribution in [2.24, 2.45) is 0 Å². The summed E-state index contributed by atoms with van der Waals surface area (Å²) < 4.78 is 6.62. The van der Waals surface area contributed by atoms with Crippen LogP contribution in [0, 0.1) is 0 Å². The molecule has 0 unspecified atom stereocenters. The van der Waals surface area contributed by atoms with Crippen LogP contribution in [0.25, 0.3) is 77.2 Å². The van der Waals surface area contributed by atoms with Gasteiger partial charge in [-0.15, -0.1) is 0 Å². The van der Waals surface area contributed by atoms with Gasteiger partial charge < -0.3 is 9.32 Å². The van der Waals surface area contributed by atoms with Gasteiger partial charge in [-0.25, -0.2) is 0 Å². The Morgan fingerprint density at radius 3 is 1.63 bits per heavy atom. The monoisotopic (exact) mass is 689 g/mol. The Labute approximate surface area is 314 Å². The summed E-state index contributed by atoms with van der Waals surface area (Å²) in [5.74, 6) is 0. The summed E-state index contributed by atoms with van der Waals surface area (Å²) >= 11 is 0. The lowest BCUT2D eigenvalue weighted by Gasteiger charge is -2.28. The molecule has 10 aromatic rings. The molecule has 9 aromatic carbocycles. The van der Waals surface area contributed by atoms with Crippen LogP contribution in [0.4, 0.5) is 17.1 Å². The molecular weight excluding hydrogens is 655 g/mol. The average Bonchev–Trinajstić information content (AvgIpc) is 3.65. The van der Waals surface area contributed by atoms with Crippen LogP contribution >= 0.6 is 0 Å². The smallest absolute Gasteiger partial charge is 0.143 e. The first-order chi connectivity index (χ1) is 26.8. The predicted octanol–water partition coefficient (Wildman–Crippen LogP) is 14.9. The Morgan fingerprint density at radius 2 is 0.870 bits per heavy atom. The summed E-state index contributed by atoms with van der Waals surface area (Å²) in [6, 6.07) is 75.8. The molecule has 0 radical (unpaired) electrons. The largest absolute Gasteiger partial charge is 0.455 e. The molecule has 0 aliphatic heterocycles. The van der Waals surface area contributed by atoms with Crippen molar-refractivity contribution in [3.8, 4) is 44.5 Å². The molecule has 0 spiro atoms. The number of para-hydroxylation sites is 2. The van der Waals surface area contributed by atoms with Crippen molar-refractivity contribution in [3.63, 3.8) is 0 Å². The van der Waals surface area contributed by atoms with Crippen LogP contribution in [0.3, 0.4) is 0 Å². The van der Waals surface area contributed by atoms with Crippen molar-refractivity contribution in [1.29, 1.82) is 0 Å². The van der Waals surface area contributed by atoms with Crippen LogP contribution in [0.1, 0.15) is 0 Å². The molecule has 0 saturated carbocycles. The average molecular weight is 690 g/mol. The maximum Gasteiger partial charge on any atom is 0.143 e. The van der Waals surface area contributed by atoms with Crippen LogP contribution in [-0.4, -0.2) is 0 Å². The molecule has 1 aromatic heterocycles. The molecule has 10 rings (SSSR count). The van der Waals surface area contributed by atoms with Crippen LogP contribution < -0.4 is 4.90 Å². The fourth-order valence-electron chi connectivity index (χ4n) is 7.94. The second-order valence-electron chi connectivity index (χ2n) is 13.7. The first kappa shape index (κ1) is 31.6. The van der Waals surface area contributed by atoms with Gasteiger partial charge >= 0.3 is 0 Å². The van der Waals surface area contributed by atoms with Gasteiger partial charge in [0.15, 0.2) is 0 Å². The Hall–Kier alpha value is -7.16. The molecule has 0 amide bonds. The van der Waals surface area contributed by atoms with E-state index in [1.54, 1.807) is 0 Å². The number of anilines is 3. The second-order valence-corrected chi connectivity index (χ2v) is 13.7. The lowest BCUT2D eigenvalue weighted by Crippen LogP contribution is -2.11. The molecule has 2 heteroatoms. The second kappa shape index (κ2) is 13.4. The fraction of sp³-hybridized carbons (Fsp3) is 0. The van der Waals surface area contributed by atoms with Crippen molar-refractivity contribution in [3.05, 3.63) is 212 Å². The fourth-order valence-corrected chi connectivity index (χ4v) is 7.94. The molecule has 0 aliphatic rings. The number of hydrogen-bond acceptors (Lipinski definition) is 2. The van der Waals surface area contributed by atoms with Crippen LogP contribution in [0.15, 0.2) is 217 Å². The standard InChI is InChI=1S/C52H35NO/c1-4-16-36(17-5-1)37-30-32-41(33-31-37)53(49-28-12-10-24-44(49)38-18-6-2-7-19-38)42-23-14-22-40(34-42)43-26-15-27-45-48(43)35-47(39-20-8-3-9-21-39)52-51(45)46-25-11-13-29-50(46)54-52/h1-35H. The maximum atomic E-state index is 6.62. The van der Waals surface area contributed by atoms with Gasteiger partial charge in [-0.2, -0.15) is 0 Å². The Bertz CT molecular complexity index is 2910. The van der Waals surface area contributed by atoms with E-state index in [9.17, 15) is 0 Å². The normalized spacial score (nSPS) is 11.3. The zero-order chi connectivity index (χ0) is 35.8. The van der Waals surface area contributed by atoms with Gasteiger partial charge in [0.25, 0.3) is 0 Å². The quantitative estimate of drug-likeness (QED) is 0.166. The zero-order valence-electron chi connectivity index (χ0n) is 29.6. The molecule has 0 N–H and O–H groups in total. The van der Waals surface area contributed by atoms with E-state index < -0.39 is 0 Å². The van der Waals surface area contributed by atoms with Gasteiger partial charge in [0.2, 0.25) is 0 Å². The number of benzene rings is 9. The zero-order valence-corrected chi connectivity index (χ0v) is 29.6. The van der Waals surface area contributed by atoms with Crippen molar-refractivity contribution < 1.29 is 4.42 Å². The van der Waals surface area contributed by atoms with E-state index in [0.717, 1.165) is 55.7 Å². The highest BCUT2D eigenvalue weighted by Crippen LogP contribution is 2.46. The third-order valence-electron chi connectivity index (χ3n) is 10.5. The molecular formula is C52H35NO. The van der Waals surface area contributed by atoms with E-state index in [0.29, 0.717) is 0 Å². The van der Waals surface area contributed by atoms with Crippen LogP contribution in [-0.2, 0) is 0 Å². The number of nitrogens with zero attached hydrogens (tertiary/aromatic N) is 1. The van der Waals surface area contributed by atoms with Gasteiger partial charge in [0.05, 0.1) is 5.69 Å². The van der Waals surface area contributed by atoms with Gasteiger partial charge in [-0.1, -0.05) is 170 Å². The van der Waals surface area contributed by atoms with Gasteiger partial charge in [0.1, 0.15) is 11.2 Å². The topological polar surface area (TPSA) is 16.4 Å². The lowest BCUT2D eigenvalue weighted by atomic mass is 9.91. The summed E-state index contributed by atoms with van der Waals surface area (Å²) in [6.45, 7) is 0. The molecule has 0 aliphatic carbocycles. The van der Waals surface area contributed by atoms with E-state index >= 15 is 0 Å². The first-order valence-corrected chi connectivity index (χ1v) is 18.4.